The van der Waals surface area contributed by atoms with Crippen LogP contribution in [0.15, 0.2) is 4.42 Å². The van der Waals surface area contributed by atoms with Crippen LogP contribution in [-0.4, -0.2) is 16.1 Å². The minimum atomic E-state index is -0.921. The van der Waals surface area contributed by atoms with E-state index >= 15 is 0 Å². The van der Waals surface area contributed by atoms with Crippen LogP contribution in [0, 0.1) is 0 Å². The van der Waals surface area contributed by atoms with Crippen LogP contribution < -0.4 is 5.32 Å². The minimum Gasteiger partial charge on any atom is -0.480 e. The Kier molecular flexibility index (Phi) is 2.03. The first kappa shape index (κ1) is 9.21. The van der Waals surface area contributed by atoms with Gasteiger partial charge in [0, 0.05) is 12.5 Å². The Hall–Kier alpha value is -1.36. The molecule has 0 radical (unpaired) electrons. The van der Waals surface area contributed by atoms with Gasteiger partial charge in [-0.25, -0.2) is 4.98 Å². The van der Waals surface area contributed by atoms with Crippen molar-refractivity contribution in [3.63, 3.8) is 0 Å². The molecule has 1 aromatic rings. The average molecular weight is 196 g/mol. The van der Waals surface area contributed by atoms with Crippen molar-refractivity contribution in [3.05, 3.63) is 17.3 Å². The van der Waals surface area contributed by atoms with Crippen molar-refractivity contribution in [2.24, 2.45) is 0 Å². The summed E-state index contributed by atoms with van der Waals surface area (Å²) in [6.07, 6.45) is 0. The number of nitrogens with one attached hydrogen (secondary N) is 1. The van der Waals surface area contributed by atoms with Crippen LogP contribution in [0.5, 0.6) is 0 Å². The smallest absolute Gasteiger partial charge is 0.328 e. The molecule has 1 aromatic heterocycles. The predicted octanol–water partition coefficient (Wildman–Crippen LogP) is 1.03. The molecule has 0 amide bonds. The number of aromatic nitrogens is 1. The van der Waals surface area contributed by atoms with Gasteiger partial charge in [-0.1, -0.05) is 13.8 Å². The maximum Gasteiger partial charge on any atom is 0.328 e. The monoisotopic (exact) mass is 196 g/mol. The molecule has 0 aromatic carbocycles. The molecule has 0 spiro atoms. The molecule has 0 saturated heterocycles. The molecule has 0 aliphatic carbocycles. The molecular weight excluding hydrogens is 184 g/mol. The molecule has 1 atom stereocenters. The third-order valence-electron chi connectivity index (χ3n) is 2.22. The van der Waals surface area contributed by atoms with Crippen molar-refractivity contribution in [1.82, 2.24) is 10.3 Å². The van der Waals surface area contributed by atoms with Gasteiger partial charge in [-0.05, 0) is 0 Å². The zero-order chi connectivity index (χ0) is 10.3. The summed E-state index contributed by atoms with van der Waals surface area (Å²) >= 11 is 0. The van der Waals surface area contributed by atoms with E-state index in [4.69, 9.17) is 9.52 Å². The topological polar surface area (TPSA) is 75.4 Å². The third kappa shape index (κ3) is 1.29. The average Bonchev–Trinajstić information content (AvgIpc) is 2.58. The van der Waals surface area contributed by atoms with Crippen molar-refractivity contribution >= 4 is 5.97 Å². The summed E-state index contributed by atoms with van der Waals surface area (Å²) in [5, 5.41) is 11.7. The lowest BCUT2D eigenvalue weighted by Gasteiger charge is -2.03. The molecule has 2 heterocycles. The largest absolute Gasteiger partial charge is 0.480 e. The summed E-state index contributed by atoms with van der Waals surface area (Å²) in [5.74, 6) is 0.342. The van der Waals surface area contributed by atoms with Crippen molar-refractivity contribution in [1.29, 1.82) is 0 Å². The first-order valence-electron chi connectivity index (χ1n) is 4.55. The van der Waals surface area contributed by atoms with Gasteiger partial charge in [0.05, 0.1) is 5.69 Å². The Morgan fingerprint density at radius 3 is 3.00 bits per heavy atom. The highest BCUT2D eigenvalue weighted by molar-refractivity contribution is 5.75. The van der Waals surface area contributed by atoms with Crippen molar-refractivity contribution in [2.75, 3.05) is 0 Å². The summed E-state index contributed by atoms with van der Waals surface area (Å²) in [6, 6.07) is -0.731. The number of carbonyl (C=O) groups is 1. The fourth-order valence-corrected chi connectivity index (χ4v) is 1.47. The lowest BCUT2D eigenvalue weighted by molar-refractivity contribution is -0.139. The normalized spacial score (nSPS) is 20.1. The molecule has 1 aliphatic heterocycles. The zero-order valence-corrected chi connectivity index (χ0v) is 8.07. The van der Waals surface area contributed by atoms with Gasteiger partial charge < -0.3 is 9.52 Å². The number of aliphatic carboxylic acids is 1. The van der Waals surface area contributed by atoms with Crippen LogP contribution in [0.2, 0.25) is 0 Å². The molecule has 1 unspecified atom stereocenters. The predicted molar refractivity (Wildman–Crippen MR) is 47.8 cm³/mol. The van der Waals surface area contributed by atoms with E-state index in [9.17, 15) is 4.79 Å². The van der Waals surface area contributed by atoms with Gasteiger partial charge in [-0.2, -0.15) is 0 Å². The molecule has 14 heavy (non-hydrogen) atoms. The van der Waals surface area contributed by atoms with Crippen molar-refractivity contribution < 1.29 is 14.3 Å². The first-order valence-corrected chi connectivity index (χ1v) is 4.55. The van der Waals surface area contributed by atoms with Gasteiger partial charge in [0.2, 0.25) is 0 Å². The standard InChI is InChI=1S/C9H12N2O3/c1-4(2)8-11-5-3-10-6(9(12)13)7(5)14-8/h4,6,10H,3H2,1-2H3,(H,12,13). The van der Waals surface area contributed by atoms with Gasteiger partial charge in [0.1, 0.15) is 0 Å². The Morgan fingerprint density at radius 1 is 1.71 bits per heavy atom. The van der Waals surface area contributed by atoms with Gasteiger partial charge in [0.25, 0.3) is 0 Å². The van der Waals surface area contributed by atoms with Gasteiger partial charge >= 0.3 is 5.97 Å². The number of carboxylic acids is 1. The molecule has 5 heteroatoms. The summed E-state index contributed by atoms with van der Waals surface area (Å²) in [5.41, 5.74) is 0.723. The van der Waals surface area contributed by atoms with Gasteiger partial charge in [0.15, 0.2) is 17.7 Å². The van der Waals surface area contributed by atoms with Crippen LogP contribution in [0.1, 0.15) is 43.2 Å². The molecule has 1 aliphatic rings. The second kappa shape index (κ2) is 3.09. The Morgan fingerprint density at radius 2 is 2.43 bits per heavy atom. The number of hydrogen-bond donors (Lipinski definition) is 2. The minimum absolute atomic E-state index is 0.190. The zero-order valence-electron chi connectivity index (χ0n) is 8.07. The number of carboxylic acid groups (broad SMARTS) is 1. The highest BCUT2D eigenvalue weighted by Gasteiger charge is 2.33. The second-order valence-corrected chi connectivity index (χ2v) is 3.67. The lowest BCUT2D eigenvalue weighted by atomic mass is 10.2. The lowest BCUT2D eigenvalue weighted by Crippen LogP contribution is -2.21. The summed E-state index contributed by atoms with van der Waals surface area (Å²) < 4.78 is 5.41. The van der Waals surface area contributed by atoms with E-state index in [2.05, 4.69) is 10.3 Å². The van der Waals surface area contributed by atoms with Crippen LogP contribution in [0.4, 0.5) is 0 Å². The molecule has 5 nitrogen and oxygen atoms in total. The maximum atomic E-state index is 10.8. The SMILES string of the molecule is CC(C)c1nc2c(o1)C(C(=O)O)NC2. The Bertz CT molecular complexity index is 370. The quantitative estimate of drug-likeness (QED) is 0.738. The van der Waals surface area contributed by atoms with E-state index in [-0.39, 0.29) is 5.92 Å². The van der Waals surface area contributed by atoms with Crippen molar-refractivity contribution in [2.45, 2.75) is 32.4 Å². The number of nitrogens with zero attached hydrogens (tertiary/aromatic N) is 1. The van der Waals surface area contributed by atoms with Gasteiger partial charge in [-0.15, -0.1) is 0 Å². The van der Waals surface area contributed by atoms with Crippen LogP contribution >= 0.6 is 0 Å². The molecule has 0 fully saturated rings. The van der Waals surface area contributed by atoms with Crippen LogP contribution in [-0.2, 0) is 11.3 Å². The van der Waals surface area contributed by atoms with Crippen LogP contribution in [0.3, 0.4) is 0 Å². The molecule has 2 N–H and O–H groups in total. The molecule has 76 valence electrons. The fourth-order valence-electron chi connectivity index (χ4n) is 1.47. The molecule has 0 saturated carbocycles. The number of rotatable bonds is 2. The maximum absolute atomic E-state index is 10.8. The first-order chi connectivity index (χ1) is 6.59. The Labute approximate surface area is 81.1 Å². The van der Waals surface area contributed by atoms with E-state index in [0.29, 0.717) is 18.2 Å². The van der Waals surface area contributed by atoms with E-state index in [1.54, 1.807) is 0 Å². The molecule has 2 rings (SSSR count). The van der Waals surface area contributed by atoms with E-state index in [0.717, 1.165) is 5.69 Å². The molecule has 0 bridgehead atoms. The highest BCUT2D eigenvalue weighted by atomic mass is 16.4. The van der Waals surface area contributed by atoms with E-state index in [1.165, 1.54) is 0 Å². The van der Waals surface area contributed by atoms with Crippen LogP contribution in [0.25, 0.3) is 0 Å². The Balaban J connectivity index is 2.35. The van der Waals surface area contributed by atoms with Crippen molar-refractivity contribution in [3.8, 4) is 0 Å². The van der Waals surface area contributed by atoms with E-state index < -0.39 is 12.0 Å². The third-order valence-corrected chi connectivity index (χ3v) is 2.22. The summed E-state index contributed by atoms with van der Waals surface area (Å²) in [6.45, 7) is 4.40. The fraction of sp³-hybridized carbons (Fsp3) is 0.556. The second-order valence-electron chi connectivity index (χ2n) is 3.67. The highest BCUT2D eigenvalue weighted by Crippen LogP contribution is 2.28. The number of hydrogen-bond acceptors (Lipinski definition) is 4. The van der Waals surface area contributed by atoms with E-state index in [1.807, 2.05) is 13.8 Å². The summed E-state index contributed by atoms with van der Waals surface area (Å²) in [7, 11) is 0. The van der Waals surface area contributed by atoms with Gasteiger partial charge in [-0.3, -0.25) is 10.1 Å². The molecular formula is C9H12N2O3. The number of oxazole rings is 1. The summed E-state index contributed by atoms with van der Waals surface area (Å²) in [4.78, 5) is 15.0. The number of fused-ring (bicyclic) bond motifs is 1.